The SMILES string of the molecule is CN(CC(F)(F)F)C(=O)c1cc(N)ccc1F. The van der Waals surface area contributed by atoms with E-state index in [-0.39, 0.29) is 5.69 Å². The molecule has 0 radical (unpaired) electrons. The molecule has 1 aromatic rings. The van der Waals surface area contributed by atoms with E-state index in [0.29, 0.717) is 4.90 Å². The van der Waals surface area contributed by atoms with E-state index >= 15 is 0 Å². The van der Waals surface area contributed by atoms with Crippen LogP contribution in [-0.4, -0.2) is 30.6 Å². The van der Waals surface area contributed by atoms with Crippen LogP contribution >= 0.6 is 0 Å². The summed E-state index contributed by atoms with van der Waals surface area (Å²) in [6.07, 6.45) is -4.53. The normalized spacial score (nSPS) is 11.4. The zero-order valence-electron chi connectivity index (χ0n) is 8.88. The van der Waals surface area contributed by atoms with Gasteiger partial charge in [0.2, 0.25) is 0 Å². The highest BCUT2D eigenvalue weighted by molar-refractivity contribution is 5.95. The predicted octanol–water partition coefficient (Wildman–Crippen LogP) is 2.04. The van der Waals surface area contributed by atoms with Crippen LogP contribution in [0.25, 0.3) is 0 Å². The van der Waals surface area contributed by atoms with Gasteiger partial charge < -0.3 is 10.6 Å². The quantitative estimate of drug-likeness (QED) is 0.645. The lowest BCUT2D eigenvalue weighted by atomic mass is 10.1. The molecule has 94 valence electrons. The average molecular weight is 250 g/mol. The summed E-state index contributed by atoms with van der Waals surface area (Å²) in [6, 6.07) is 3.16. The molecule has 0 aromatic heterocycles. The van der Waals surface area contributed by atoms with Gasteiger partial charge in [-0.3, -0.25) is 4.79 Å². The van der Waals surface area contributed by atoms with Crippen LogP contribution in [0.15, 0.2) is 18.2 Å². The molecular weight excluding hydrogens is 240 g/mol. The lowest BCUT2D eigenvalue weighted by Crippen LogP contribution is -2.36. The fourth-order valence-electron chi connectivity index (χ4n) is 1.25. The van der Waals surface area contributed by atoms with Crippen molar-refractivity contribution in [3.05, 3.63) is 29.6 Å². The topological polar surface area (TPSA) is 46.3 Å². The Morgan fingerprint density at radius 1 is 1.41 bits per heavy atom. The lowest BCUT2D eigenvalue weighted by Gasteiger charge is -2.19. The van der Waals surface area contributed by atoms with Crippen LogP contribution in [0.5, 0.6) is 0 Å². The number of halogens is 4. The van der Waals surface area contributed by atoms with Crippen LogP contribution in [0.2, 0.25) is 0 Å². The standard InChI is InChI=1S/C10H10F4N2O/c1-16(5-10(12,13)14)9(17)7-4-6(15)2-3-8(7)11/h2-4H,5,15H2,1H3. The minimum Gasteiger partial charge on any atom is -0.399 e. The molecule has 0 spiro atoms. The van der Waals surface area contributed by atoms with Gasteiger partial charge in [0.15, 0.2) is 0 Å². The molecule has 0 aliphatic carbocycles. The molecule has 0 saturated carbocycles. The van der Waals surface area contributed by atoms with Crippen LogP contribution in [0.4, 0.5) is 23.2 Å². The van der Waals surface area contributed by atoms with Gasteiger partial charge in [0.1, 0.15) is 12.4 Å². The van der Waals surface area contributed by atoms with Gasteiger partial charge in [-0.2, -0.15) is 13.2 Å². The zero-order chi connectivity index (χ0) is 13.2. The average Bonchev–Trinajstić information content (AvgIpc) is 2.18. The molecule has 2 N–H and O–H groups in total. The predicted molar refractivity (Wildman–Crippen MR) is 53.8 cm³/mol. The molecule has 1 rings (SSSR count). The maximum absolute atomic E-state index is 13.2. The van der Waals surface area contributed by atoms with Gasteiger partial charge in [0.25, 0.3) is 5.91 Å². The van der Waals surface area contributed by atoms with E-state index in [9.17, 15) is 22.4 Å². The molecule has 3 nitrogen and oxygen atoms in total. The number of carbonyl (C=O) groups is 1. The van der Waals surface area contributed by atoms with E-state index in [2.05, 4.69) is 0 Å². The first-order chi connectivity index (χ1) is 7.70. The molecule has 0 heterocycles. The fourth-order valence-corrected chi connectivity index (χ4v) is 1.25. The number of hydrogen-bond donors (Lipinski definition) is 1. The van der Waals surface area contributed by atoms with E-state index in [1.54, 1.807) is 0 Å². The summed E-state index contributed by atoms with van der Waals surface area (Å²) in [5.41, 5.74) is 4.96. The molecule has 1 amide bonds. The van der Waals surface area contributed by atoms with Crippen LogP contribution in [-0.2, 0) is 0 Å². The largest absolute Gasteiger partial charge is 0.406 e. The maximum atomic E-state index is 13.2. The second-order valence-corrected chi connectivity index (χ2v) is 3.52. The third-order valence-corrected chi connectivity index (χ3v) is 1.98. The lowest BCUT2D eigenvalue weighted by molar-refractivity contribution is -0.138. The summed E-state index contributed by atoms with van der Waals surface area (Å²) < 4.78 is 49.4. The number of nitrogens with two attached hydrogens (primary N) is 1. The smallest absolute Gasteiger partial charge is 0.399 e. The highest BCUT2D eigenvalue weighted by Gasteiger charge is 2.32. The van der Waals surface area contributed by atoms with Crippen molar-refractivity contribution in [2.75, 3.05) is 19.3 Å². The molecule has 0 aliphatic rings. The van der Waals surface area contributed by atoms with Crippen molar-refractivity contribution in [2.45, 2.75) is 6.18 Å². The van der Waals surface area contributed by atoms with E-state index < -0.39 is 30.0 Å². The number of alkyl halides is 3. The van der Waals surface area contributed by atoms with Crippen molar-refractivity contribution in [1.82, 2.24) is 4.90 Å². The van der Waals surface area contributed by atoms with Gasteiger partial charge >= 0.3 is 6.18 Å². The molecule has 0 fully saturated rings. The Labute approximate surface area is 94.8 Å². The van der Waals surface area contributed by atoms with E-state index in [0.717, 1.165) is 19.2 Å². The Morgan fingerprint density at radius 3 is 2.53 bits per heavy atom. The number of amides is 1. The second-order valence-electron chi connectivity index (χ2n) is 3.52. The van der Waals surface area contributed by atoms with Crippen LogP contribution in [0, 0.1) is 5.82 Å². The second kappa shape index (κ2) is 4.60. The molecule has 0 bridgehead atoms. The van der Waals surface area contributed by atoms with Gasteiger partial charge in [-0.15, -0.1) is 0 Å². The Hall–Kier alpha value is -1.79. The Morgan fingerprint density at radius 2 is 2.00 bits per heavy atom. The maximum Gasteiger partial charge on any atom is 0.406 e. The molecular formula is C10H10F4N2O. The number of carbonyl (C=O) groups excluding carboxylic acids is 1. The molecule has 0 aliphatic heterocycles. The van der Waals surface area contributed by atoms with Crippen molar-refractivity contribution in [3.63, 3.8) is 0 Å². The summed E-state index contributed by atoms with van der Waals surface area (Å²) in [7, 11) is 0.943. The number of benzene rings is 1. The monoisotopic (exact) mass is 250 g/mol. The molecule has 7 heteroatoms. The van der Waals surface area contributed by atoms with Crippen molar-refractivity contribution in [2.24, 2.45) is 0 Å². The van der Waals surface area contributed by atoms with Gasteiger partial charge in [-0.1, -0.05) is 0 Å². The first-order valence-corrected chi connectivity index (χ1v) is 4.58. The minimum absolute atomic E-state index is 0.107. The Balaban J connectivity index is 2.93. The van der Waals surface area contributed by atoms with Gasteiger partial charge in [-0.05, 0) is 18.2 Å². The Kier molecular flexibility index (Phi) is 3.59. The van der Waals surface area contributed by atoms with Crippen LogP contribution in [0.1, 0.15) is 10.4 Å². The van der Waals surface area contributed by atoms with E-state index in [1.165, 1.54) is 6.07 Å². The first-order valence-electron chi connectivity index (χ1n) is 4.58. The molecule has 0 unspecified atom stereocenters. The van der Waals surface area contributed by atoms with Crippen molar-refractivity contribution < 1.29 is 22.4 Å². The van der Waals surface area contributed by atoms with E-state index in [4.69, 9.17) is 5.73 Å². The highest BCUT2D eigenvalue weighted by Crippen LogP contribution is 2.19. The summed E-state index contributed by atoms with van der Waals surface area (Å²) in [5, 5.41) is 0. The Bertz CT molecular complexity index is 431. The summed E-state index contributed by atoms with van der Waals surface area (Å²) in [5.74, 6) is -1.97. The van der Waals surface area contributed by atoms with Gasteiger partial charge in [-0.25, -0.2) is 4.39 Å². The molecule has 0 atom stereocenters. The van der Waals surface area contributed by atoms with Crippen molar-refractivity contribution in [1.29, 1.82) is 0 Å². The summed E-state index contributed by atoms with van der Waals surface area (Å²) in [4.78, 5) is 11.9. The van der Waals surface area contributed by atoms with Crippen molar-refractivity contribution >= 4 is 11.6 Å². The number of anilines is 1. The van der Waals surface area contributed by atoms with Crippen LogP contribution < -0.4 is 5.73 Å². The minimum atomic E-state index is -4.53. The van der Waals surface area contributed by atoms with E-state index in [1.807, 2.05) is 0 Å². The first kappa shape index (κ1) is 13.3. The number of nitrogens with zero attached hydrogens (tertiary/aromatic N) is 1. The van der Waals surface area contributed by atoms with Gasteiger partial charge in [0.05, 0.1) is 5.56 Å². The number of rotatable bonds is 2. The molecule has 1 aromatic carbocycles. The summed E-state index contributed by atoms with van der Waals surface area (Å²) >= 11 is 0. The van der Waals surface area contributed by atoms with Crippen LogP contribution in [0.3, 0.4) is 0 Å². The number of nitrogen functional groups attached to an aromatic ring is 1. The third kappa shape index (κ3) is 3.61. The fraction of sp³-hybridized carbons (Fsp3) is 0.300. The van der Waals surface area contributed by atoms with Gasteiger partial charge in [0, 0.05) is 12.7 Å². The number of hydrogen-bond acceptors (Lipinski definition) is 2. The summed E-state index contributed by atoms with van der Waals surface area (Å²) in [6.45, 7) is -1.44. The van der Waals surface area contributed by atoms with Crippen molar-refractivity contribution in [3.8, 4) is 0 Å². The zero-order valence-corrected chi connectivity index (χ0v) is 8.88. The highest BCUT2D eigenvalue weighted by atomic mass is 19.4. The molecule has 17 heavy (non-hydrogen) atoms. The third-order valence-electron chi connectivity index (χ3n) is 1.98. The molecule has 0 saturated heterocycles.